The number of carbonyl (C=O) groups excluding carboxylic acids is 1. The molecular formula is C13H9N3O4S. The van der Waals surface area contributed by atoms with Crippen LogP contribution >= 0.6 is 11.3 Å². The summed E-state index contributed by atoms with van der Waals surface area (Å²) >= 11 is 0.929. The Balaban J connectivity index is 2.23. The van der Waals surface area contributed by atoms with Crippen molar-refractivity contribution in [3.8, 4) is 11.8 Å². The Kier molecular flexibility index (Phi) is 4.15. The molecule has 0 bridgehead atoms. The topological polar surface area (TPSA) is 112 Å². The monoisotopic (exact) mass is 303 g/mol. The summed E-state index contributed by atoms with van der Waals surface area (Å²) in [5, 5.41) is 21.5. The summed E-state index contributed by atoms with van der Waals surface area (Å²) in [5.41, 5.74) is 0.581. The van der Waals surface area contributed by atoms with Gasteiger partial charge in [-0.05, 0) is 12.1 Å². The van der Waals surface area contributed by atoms with Crippen LogP contribution in [0.1, 0.15) is 25.9 Å². The number of rotatable bonds is 4. The van der Waals surface area contributed by atoms with Gasteiger partial charge >= 0.3 is 5.97 Å². The number of hydrogen-bond donors (Lipinski definition) is 2. The number of anilines is 1. The molecule has 0 radical (unpaired) electrons. The van der Waals surface area contributed by atoms with Gasteiger partial charge in [-0.3, -0.25) is 4.79 Å². The van der Waals surface area contributed by atoms with E-state index in [0.717, 1.165) is 11.3 Å². The quantitative estimate of drug-likeness (QED) is 0.893. The Morgan fingerprint density at radius 1 is 1.48 bits per heavy atom. The average Bonchev–Trinajstić information content (AvgIpc) is 2.97. The van der Waals surface area contributed by atoms with Gasteiger partial charge in [0.2, 0.25) is 0 Å². The number of amides is 1. The maximum absolute atomic E-state index is 12.0. The number of ether oxygens (including phenoxy) is 1. The van der Waals surface area contributed by atoms with Crippen LogP contribution in [-0.2, 0) is 0 Å². The van der Waals surface area contributed by atoms with Crippen molar-refractivity contribution in [1.29, 1.82) is 5.26 Å². The highest BCUT2D eigenvalue weighted by atomic mass is 32.1. The van der Waals surface area contributed by atoms with Gasteiger partial charge in [-0.2, -0.15) is 5.26 Å². The summed E-state index contributed by atoms with van der Waals surface area (Å²) in [4.78, 5) is 26.4. The van der Waals surface area contributed by atoms with E-state index in [0.29, 0.717) is 17.0 Å². The predicted molar refractivity (Wildman–Crippen MR) is 74.7 cm³/mol. The van der Waals surface area contributed by atoms with E-state index in [2.05, 4.69) is 10.3 Å². The summed E-state index contributed by atoms with van der Waals surface area (Å²) in [5.74, 6) is -1.41. The smallest absolute Gasteiger partial charge is 0.355 e. The van der Waals surface area contributed by atoms with Crippen LogP contribution in [0.25, 0.3) is 0 Å². The van der Waals surface area contributed by atoms with Crippen molar-refractivity contribution in [2.24, 2.45) is 0 Å². The molecular weight excluding hydrogens is 294 g/mol. The van der Waals surface area contributed by atoms with Gasteiger partial charge in [0.05, 0.1) is 24.4 Å². The highest BCUT2D eigenvalue weighted by Crippen LogP contribution is 2.26. The van der Waals surface area contributed by atoms with Gasteiger partial charge in [0.25, 0.3) is 5.91 Å². The van der Waals surface area contributed by atoms with Gasteiger partial charge < -0.3 is 15.2 Å². The van der Waals surface area contributed by atoms with Crippen molar-refractivity contribution >= 4 is 28.9 Å². The molecule has 2 aromatic rings. The van der Waals surface area contributed by atoms with Gasteiger partial charge in [0.15, 0.2) is 10.7 Å². The molecule has 106 valence electrons. The number of carbonyl (C=O) groups is 2. The number of nitrogens with one attached hydrogen (secondary N) is 1. The number of carboxylic acid groups (broad SMARTS) is 1. The van der Waals surface area contributed by atoms with Crippen molar-refractivity contribution in [3.63, 3.8) is 0 Å². The minimum atomic E-state index is -1.19. The van der Waals surface area contributed by atoms with E-state index in [-0.39, 0.29) is 10.7 Å². The Labute approximate surface area is 123 Å². The number of aromatic nitrogens is 1. The molecule has 0 spiro atoms. The summed E-state index contributed by atoms with van der Waals surface area (Å²) < 4.78 is 5.09. The summed E-state index contributed by atoms with van der Waals surface area (Å²) in [7, 11) is 1.41. The number of benzene rings is 1. The average molecular weight is 303 g/mol. The van der Waals surface area contributed by atoms with Crippen molar-refractivity contribution in [3.05, 3.63) is 39.8 Å². The Morgan fingerprint density at radius 3 is 2.81 bits per heavy atom. The standard InChI is InChI=1S/C13H9N3O4S/c1-20-10-4-7(5-14)2-3-8(10)15-11(17)12-16-9(6-21-12)13(18)19/h2-4,6H,1H3,(H,15,17)(H,18,19). The number of nitriles is 1. The first kappa shape index (κ1) is 14.5. The molecule has 0 saturated carbocycles. The van der Waals surface area contributed by atoms with E-state index in [1.54, 1.807) is 0 Å². The Hall–Kier alpha value is -2.92. The van der Waals surface area contributed by atoms with Gasteiger partial charge in [-0.1, -0.05) is 0 Å². The lowest BCUT2D eigenvalue weighted by Gasteiger charge is -2.09. The number of carboxylic acids is 1. The summed E-state index contributed by atoms with van der Waals surface area (Å²) in [6.45, 7) is 0. The molecule has 0 unspecified atom stereocenters. The lowest BCUT2D eigenvalue weighted by atomic mass is 10.2. The van der Waals surface area contributed by atoms with Crippen molar-refractivity contribution in [1.82, 2.24) is 4.98 Å². The minimum absolute atomic E-state index is 0.0267. The first-order valence-corrected chi connectivity index (χ1v) is 6.51. The molecule has 1 amide bonds. The van der Waals surface area contributed by atoms with E-state index in [1.807, 2.05) is 6.07 Å². The number of hydrogen-bond acceptors (Lipinski definition) is 6. The van der Waals surface area contributed by atoms with Crippen LogP contribution in [0.2, 0.25) is 0 Å². The Morgan fingerprint density at radius 2 is 2.24 bits per heavy atom. The summed E-state index contributed by atoms with van der Waals surface area (Å²) in [6, 6.07) is 6.51. The van der Waals surface area contributed by atoms with Crippen molar-refractivity contribution < 1.29 is 19.4 Å². The minimum Gasteiger partial charge on any atom is -0.495 e. The zero-order chi connectivity index (χ0) is 15.4. The molecule has 0 aliphatic heterocycles. The highest BCUT2D eigenvalue weighted by molar-refractivity contribution is 7.12. The van der Waals surface area contributed by atoms with Crippen LogP contribution in [0.4, 0.5) is 5.69 Å². The van der Waals surface area contributed by atoms with E-state index in [4.69, 9.17) is 15.1 Å². The Bertz CT molecular complexity index is 748. The van der Waals surface area contributed by atoms with Crippen LogP contribution in [0.3, 0.4) is 0 Å². The highest BCUT2D eigenvalue weighted by Gasteiger charge is 2.16. The zero-order valence-electron chi connectivity index (χ0n) is 10.8. The van der Waals surface area contributed by atoms with Gasteiger partial charge in [-0.15, -0.1) is 11.3 Å². The third-order valence-electron chi connectivity index (χ3n) is 2.50. The lowest BCUT2D eigenvalue weighted by Crippen LogP contribution is -2.13. The first-order chi connectivity index (χ1) is 10.0. The molecule has 0 aliphatic carbocycles. The van der Waals surface area contributed by atoms with Crippen LogP contribution in [0.5, 0.6) is 5.75 Å². The number of methoxy groups -OCH3 is 1. The zero-order valence-corrected chi connectivity index (χ0v) is 11.6. The van der Waals surface area contributed by atoms with Crippen LogP contribution in [-0.4, -0.2) is 29.1 Å². The number of thiazole rings is 1. The molecule has 0 fully saturated rings. The van der Waals surface area contributed by atoms with Gasteiger partial charge in [0.1, 0.15) is 5.75 Å². The lowest BCUT2D eigenvalue weighted by molar-refractivity contribution is 0.0691. The van der Waals surface area contributed by atoms with E-state index < -0.39 is 11.9 Å². The third-order valence-corrected chi connectivity index (χ3v) is 3.34. The van der Waals surface area contributed by atoms with Gasteiger partial charge in [-0.25, -0.2) is 9.78 Å². The molecule has 0 saturated heterocycles. The molecule has 1 aromatic carbocycles. The first-order valence-electron chi connectivity index (χ1n) is 5.63. The summed E-state index contributed by atoms with van der Waals surface area (Å²) in [6.07, 6.45) is 0. The molecule has 0 atom stereocenters. The molecule has 1 heterocycles. The maximum atomic E-state index is 12.0. The second kappa shape index (κ2) is 6.02. The van der Waals surface area contributed by atoms with Gasteiger partial charge in [0, 0.05) is 11.4 Å². The van der Waals surface area contributed by atoms with Crippen LogP contribution in [0, 0.1) is 11.3 Å². The van der Waals surface area contributed by atoms with Crippen LogP contribution < -0.4 is 10.1 Å². The molecule has 2 N–H and O–H groups in total. The fraction of sp³-hybridized carbons (Fsp3) is 0.0769. The van der Waals surface area contributed by atoms with Crippen molar-refractivity contribution in [2.75, 3.05) is 12.4 Å². The van der Waals surface area contributed by atoms with Crippen LogP contribution in [0.15, 0.2) is 23.6 Å². The fourth-order valence-corrected chi connectivity index (χ4v) is 2.20. The maximum Gasteiger partial charge on any atom is 0.355 e. The number of aromatic carboxylic acids is 1. The SMILES string of the molecule is COc1cc(C#N)ccc1NC(=O)c1nc(C(=O)O)cs1. The predicted octanol–water partition coefficient (Wildman–Crippen LogP) is 1.97. The molecule has 1 aromatic heterocycles. The molecule has 0 aliphatic rings. The van der Waals surface area contributed by atoms with Crippen molar-refractivity contribution in [2.45, 2.75) is 0 Å². The molecule has 21 heavy (non-hydrogen) atoms. The number of nitrogens with zero attached hydrogens (tertiary/aromatic N) is 2. The second-order valence-corrected chi connectivity index (χ2v) is 4.68. The van der Waals surface area contributed by atoms with E-state index in [9.17, 15) is 9.59 Å². The molecule has 2 rings (SSSR count). The van der Waals surface area contributed by atoms with E-state index >= 15 is 0 Å². The third kappa shape index (κ3) is 3.16. The molecule has 7 nitrogen and oxygen atoms in total. The molecule has 8 heteroatoms. The normalized spacial score (nSPS) is 9.71. The largest absolute Gasteiger partial charge is 0.495 e. The fourth-order valence-electron chi connectivity index (χ4n) is 1.52. The van der Waals surface area contributed by atoms with E-state index in [1.165, 1.54) is 30.7 Å². The second-order valence-electron chi connectivity index (χ2n) is 3.82.